The first-order valence-electron chi connectivity index (χ1n) is 9.91. The summed E-state index contributed by atoms with van der Waals surface area (Å²) in [6, 6.07) is 10.9. The van der Waals surface area contributed by atoms with E-state index in [2.05, 4.69) is 16.0 Å². The number of nitriles is 1. The molecule has 0 bridgehead atoms. The van der Waals surface area contributed by atoms with Gasteiger partial charge >= 0.3 is 0 Å². The van der Waals surface area contributed by atoms with Crippen LogP contribution in [0, 0.1) is 28.4 Å². The van der Waals surface area contributed by atoms with Crippen molar-refractivity contribution in [1.82, 2.24) is 9.97 Å². The van der Waals surface area contributed by atoms with E-state index in [-0.39, 0.29) is 11.1 Å². The maximum Gasteiger partial charge on any atom is 0.131 e. The number of nitrogens with zero attached hydrogens (tertiary/aromatic N) is 3. The van der Waals surface area contributed by atoms with Crippen LogP contribution in [0.5, 0.6) is 0 Å². The molecule has 6 heteroatoms. The van der Waals surface area contributed by atoms with Gasteiger partial charge in [-0.25, -0.2) is 18.7 Å². The Morgan fingerprint density at radius 3 is 2.03 bits per heavy atom. The average molecular weight is 421 g/mol. The van der Waals surface area contributed by atoms with E-state index < -0.39 is 28.1 Å². The van der Waals surface area contributed by atoms with E-state index in [0.29, 0.717) is 16.7 Å². The zero-order chi connectivity index (χ0) is 23.0. The Morgan fingerprint density at radius 1 is 0.871 bits per heavy atom. The first-order valence-corrected chi connectivity index (χ1v) is 9.91. The molecule has 0 fully saturated rings. The number of halogens is 2. The average Bonchev–Trinajstić information content (AvgIpc) is 2.72. The number of aliphatic hydroxyl groups is 1. The van der Waals surface area contributed by atoms with Gasteiger partial charge in [-0.15, -0.1) is 0 Å². The normalized spacial score (nSPS) is 14.0. The SMILES string of the molecule is CC(C)(C#N)c1ccc(-c2ccc(C(O)(c3cncnc3)C(C)(C)C)c(F)c2)c(F)c1. The number of hydrogen-bond acceptors (Lipinski definition) is 4. The van der Waals surface area contributed by atoms with Crippen LogP contribution >= 0.6 is 0 Å². The van der Waals surface area contributed by atoms with Crippen molar-refractivity contribution in [3.8, 4) is 17.2 Å². The predicted molar refractivity (Wildman–Crippen MR) is 115 cm³/mol. The standard InChI is InChI=1S/C25H25F2N3O/c1-23(2,3)25(31,18-12-29-15-30-13-18)20-9-6-16(10-22(20)27)19-8-7-17(11-21(19)26)24(4,5)14-28/h6-13,15,31H,1-5H3. The monoisotopic (exact) mass is 421 g/mol. The number of rotatable bonds is 4. The van der Waals surface area contributed by atoms with Gasteiger partial charge in [0, 0.05) is 29.1 Å². The molecule has 3 aromatic rings. The lowest BCUT2D eigenvalue weighted by molar-refractivity contribution is -0.0292. The Labute approximate surface area is 181 Å². The zero-order valence-corrected chi connectivity index (χ0v) is 18.2. The first kappa shape index (κ1) is 22.5. The van der Waals surface area contributed by atoms with Gasteiger partial charge in [-0.1, -0.05) is 45.0 Å². The number of benzene rings is 2. The van der Waals surface area contributed by atoms with Crippen LogP contribution in [0.25, 0.3) is 11.1 Å². The molecule has 0 radical (unpaired) electrons. The maximum atomic E-state index is 15.3. The third kappa shape index (κ3) is 3.94. The van der Waals surface area contributed by atoms with Gasteiger partial charge in [-0.05, 0) is 42.5 Å². The summed E-state index contributed by atoms with van der Waals surface area (Å²) in [5.74, 6) is -1.21. The molecule has 1 unspecified atom stereocenters. The van der Waals surface area contributed by atoms with Gasteiger partial charge in [0.1, 0.15) is 23.6 Å². The van der Waals surface area contributed by atoms with Gasteiger partial charge in [0.25, 0.3) is 0 Å². The quantitative estimate of drug-likeness (QED) is 0.603. The van der Waals surface area contributed by atoms with Crippen molar-refractivity contribution in [3.05, 3.63) is 83.4 Å². The molecule has 160 valence electrons. The van der Waals surface area contributed by atoms with E-state index in [1.807, 2.05) is 0 Å². The fourth-order valence-electron chi connectivity index (χ4n) is 3.66. The molecule has 1 N–H and O–H groups in total. The number of aromatic nitrogens is 2. The fraction of sp³-hybridized carbons (Fsp3) is 0.320. The van der Waals surface area contributed by atoms with E-state index in [9.17, 15) is 14.8 Å². The van der Waals surface area contributed by atoms with Crippen LogP contribution in [0.2, 0.25) is 0 Å². The molecule has 1 heterocycles. The summed E-state index contributed by atoms with van der Waals surface area (Å²) in [4.78, 5) is 7.93. The molecule has 31 heavy (non-hydrogen) atoms. The van der Waals surface area contributed by atoms with Crippen LogP contribution < -0.4 is 0 Å². The highest BCUT2D eigenvalue weighted by Crippen LogP contribution is 2.45. The van der Waals surface area contributed by atoms with Gasteiger partial charge in [-0.2, -0.15) is 5.26 Å². The summed E-state index contributed by atoms with van der Waals surface area (Å²) in [7, 11) is 0. The van der Waals surface area contributed by atoms with Gasteiger partial charge in [0.15, 0.2) is 0 Å². The van der Waals surface area contributed by atoms with Gasteiger partial charge in [0.2, 0.25) is 0 Å². The third-order valence-corrected chi connectivity index (χ3v) is 5.70. The highest BCUT2D eigenvalue weighted by atomic mass is 19.1. The lowest BCUT2D eigenvalue weighted by Gasteiger charge is -2.41. The molecule has 1 atom stereocenters. The fourth-order valence-corrected chi connectivity index (χ4v) is 3.66. The molecular formula is C25H25F2N3O. The molecule has 0 saturated carbocycles. The predicted octanol–water partition coefficient (Wildman–Crippen LogP) is 5.50. The third-order valence-electron chi connectivity index (χ3n) is 5.70. The summed E-state index contributed by atoms with van der Waals surface area (Å²) >= 11 is 0. The summed E-state index contributed by atoms with van der Waals surface area (Å²) in [6.45, 7) is 8.79. The van der Waals surface area contributed by atoms with Crippen molar-refractivity contribution in [1.29, 1.82) is 5.26 Å². The lowest BCUT2D eigenvalue weighted by Crippen LogP contribution is -2.42. The van der Waals surface area contributed by atoms with Crippen LogP contribution in [-0.4, -0.2) is 15.1 Å². The van der Waals surface area contributed by atoms with E-state index in [0.717, 1.165) is 0 Å². The van der Waals surface area contributed by atoms with Crippen molar-refractivity contribution in [3.63, 3.8) is 0 Å². The molecule has 0 saturated heterocycles. The van der Waals surface area contributed by atoms with Crippen LogP contribution in [0.4, 0.5) is 8.78 Å². The van der Waals surface area contributed by atoms with Crippen molar-refractivity contribution in [2.24, 2.45) is 5.41 Å². The Balaban J connectivity index is 2.11. The molecule has 0 aliphatic heterocycles. The summed E-state index contributed by atoms with van der Waals surface area (Å²) in [5, 5.41) is 20.9. The highest BCUT2D eigenvalue weighted by molar-refractivity contribution is 5.66. The van der Waals surface area contributed by atoms with Crippen molar-refractivity contribution in [2.45, 2.75) is 45.6 Å². The van der Waals surface area contributed by atoms with Crippen LogP contribution in [0.15, 0.2) is 55.1 Å². The molecule has 1 aromatic heterocycles. The minimum atomic E-state index is -1.70. The number of hydrogen-bond donors (Lipinski definition) is 1. The van der Waals surface area contributed by atoms with Crippen molar-refractivity contribution < 1.29 is 13.9 Å². The van der Waals surface area contributed by atoms with E-state index in [4.69, 9.17) is 0 Å². The molecule has 3 rings (SSSR count). The first-order chi connectivity index (χ1) is 14.4. The highest BCUT2D eigenvalue weighted by Gasteiger charge is 2.45. The second kappa shape index (κ2) is 7.82. The van der Waals surface area contributed by atoms with Crippen LogP contribution in [0.3, 0.4) is 0 Å². The topological polar surface area (TPSA) is 69.8 Å². The molecule has 0 amide bonds. The minimum absolute atomic E-state index is 0.0567. The molecule has 0 spiro atoms. The summed E-state index contributed by atoms with van der Waals surface area (Å²) < 4.78 is 30.2. The van der Waals surface area contributed by atoms with Crippen LogP contribution in [0.1, 0.15) is 51.3 Å². The summed E-state index contributed by atoms with van der Waals surface area (Å²) in [5.41, 5.74) is -1.81. The molecule has 0 aliphatic rings. The van der Waals surface area contributed by atoms with Crippen LogP contribution in [-0.2, 0) is 11.0 Å². The largest absolute Gasteiger partial charge is 0.380 e. The van der Waals surface area contributed by atoms with Gasteiger partial charge in [0.05, 0.1) is 11.5 Å². The molecule has 4 nitrogen and oxygen atoms in total. The van der Waals surface area contributed by atoms with Gasteiger partial charge in [-0.3, -0.25) is 0 Å². The zero-order valence-electron chi connectivity index (χ0n) is 18.2. The Hall–Kier alpha value is -3.17. The summed E-state index contributed by atoms with van der Waals surface area (Å²) in [6.07, 6.45) is 4.26. The van der Waals surface area contributed by atoms with E-state index >= 15 is 4.39 Å². The Kier molecular flexibility index (Phi) is 5.68. The lowest BCUT2D eigenvalue weighted by atomic mass is 9.68. The smallest absolute Gasteiger partial charge is 0.131 e. The maximum absolute atomic E-state index is 15.3. The van der Waals surface area contributed by atoms with E-state index in [1.165, 1.54) is 36.9 Å². The van der Waals surface area contributed by atoms with Crippen molar-refractivity contribution in [2.75, 3.05) is 0 Å². The Morgan fingerprint density at radius 2 is 1.52 bits per heavy atom. The Bertz CT molecular complexity index is 1150. The van der Waals surface area contributed by atoms with Crippen molar-refractivity contribution >= 4 is 0 Å². The minimum Gasteiger partial charge on any atom is -0.380 e. The molecule has 0 aliphatic carbocycles. The van der Waals surface area contributed by atoms with E-state index in [1.54, 1.807) is 52.8 Å². The molecule has 2 aromatic carbocycles. The molecular weight excluding hydrogens is 396 g/mol. The second-order valence-electron chi connectivity index (χ2n) is 9.21. The van der Waals surface area contributed by atoms with Gasteiger partial charge < -0.3 is 5.11 Å². The second-order valence-corrected chi connectivity index (χ2v) is 9.21.